The maximum atomic E-state index is 13.3. The second kappa shape index (κ2) is 4.92. The zero-order valence-electron chi connectivity index (χ0n) is 10.6. The second-order valence-corrected chi connectivity index (χ2v) is 5.55. The molecule has 0 saturated heterocycles. The molecule has 1 aromatic carbocycles. The topological polar surface area (TPSA) is 63.3 Å². The molecule has 5 heteroatoms. The monoisotopic (exact) mass is 257 g/mol. The van der Waals surface area contributed by atoms with Gasteiger partial charge < -0.3 is 10.8 Å². The van der Waals surface area contributed by atoms with Crippen LogP contribution in [-0.4, -0.2) is 11.1 Å². The van der Waals surface area contributed by atoms with E-state index in [1.54, 1.807) is 0 Å². The van der Waals surface area contributed by atoms with E-state index < -0.39 is 23.5 Å². The van der Waals surface area contributed by atoms with Gasteiger partial charge in [-0.25, -0.2) is 8.78 Å². The van der Waals surface area contributed by atoms with Gasteiger partial charge in [0.15, 0.2) is 0 Å². The number of hydrogen-bond acceptors (Lipinski definition) is 2. The van der Waals surface area contributed by atoms with Crippen molar-refractivity contribution in [2.45, 2.75) is 33.1 Å². The van der Waals surface area contributed by atoms with Gasteiger partial charge in [0, 0.05) is 6.07 Å². The Hall–Kier alpha value is -1.65. The summed E-state index contributed by atoms with van der Waals surface area (Å²) >= 11 is 0. The van der Waals surface area contributed by atoms with Gasteiger partial charge in [-0.1, -0.05) is 20.8 Å². The molecular formula is C13H17F2NO2. The number of benzene rings is 1. The Kier molecular flexibility index (Phi) is 3.94. The molecule has 1 rings (SSSR count). The van der Waals surface area contributed by atoms with E-state index in [0.29, 0.717) is 6.07 Å². The summed E-state index contributed by atoms with van der Waals surface area (Å²) in [7, 11) is 0. The van der Waals surface area contributed by atoms with Gasteiger partial charge in [0.2, 0.25) is 0 Å². The number of hydrogen-bond donors (Lipinski definition) is 2. The molecule has 18 heavy (non-hydrogen) atoms. The highest BCUT2D eigenvalue weighted by atomic mass is 19.1. The first-order chi connectivity index (χ1) is 8.11. The van der Waals surface area contributed by atoms with Crippen LogP contribution in [-0.2, 0) is 4.79 Å². The van der Waals surface area contributed by atoms with Crippen molar-refractivity contribution in [1.82, 2.24) is 0 Å². The molecule has 0 amide bonds. The van der Waals surface area contributed by atoms with E-state index in [9.17, 15) is 18.7 Å². The fourth-order valence-corrected chi connectivity index (χ4v) is 1.84. The van der Waals surface area contributed by atoms with Crippen LogP contribution in [0.25, 0.3) is 0 Å². The third kappa shape index (κ3) is 3.42. The van der Waals surface area contributed by atoms with Crippen LogP contribution in [0.2, 0.25) is 0 Å². The van der Waals surface area contributed by atoms with Crippen LogP contribution < -0.4 is 5.73 Å². The molecule has 0 aliphatic rings. The summed E-state index contributed by atoms with van der Waals surface area (Å²) in [6.45, 7) is 5.57. The summed E-state index contributed by atoms with van der Waals surface area (Å²) < 4.78 is 26.5. The van der Waals surface area contributed by atoms with Crippen LogP contribution in [0, 0.1) is 17.0 Å². The fraction of sp³-hybridized carbons (Fsp3) is 0.462. The van der Waals surface area contributed by atoms with Crippen molar-refractivity contribution < 1.29 is 18.7 Å². The van der Waals surface area contributed by atoms with Gasteiger partial charge in [0.05, 0.1) is 11.6 Å². The molecule has 1 aromatic rings. The average molecular weight is 257 g/mol. The molecule has 100 valence electrons. The van der Waals surface area contributed by atoms with Gasteiger partial charge in [-0.2, -0.15) is 0 Å². The lowest BCUT2D eigenvalue weighted by molar-refractivity contribution is -0.139. The lowest BCUT2D eigenvalue weighted by Gasteiger charge is -2.24. The number of nitrogen functional groups attached to an aromatic ring is 1. The van der Waals surface area contributed by atoms with Crippen molar-refractivity contribution in [2.75, 3.05) is 5.73 Å². The number of aliphatic carboxylic acids is 1. The van der Waals surface area contributed by atoms with Crippen LogP contribution >= 0.6 is 0 Å². The summed E-state index contributed by atoms with van der Waals surface area (Å²) in [5, 5.41) is 9.20. The normalized spacial score (nSPS) is 13.4. The number of anilines is 1. The second-order valence-electron chi connectivity index (χ2n) is 5.55. The number of nitrogens with two attached hydrogens (primary N) is 1. The lowest BCUT2D eigenvalue weighted by atomic mass is 9.81. The van der Waals surface area contributed by atoms with Gasteiger partial charge >= 0.3 is 5.97 Å². The van der Waals surface area contributed by atoms with Crippen LogP contribution in [0.3, 0.4) is 0 Å². The first kappa shape index (κ1) is 14.4. The molecule has 0 saturated carbocycles. The van der Waals surface area contributed by atoms with Gasteiger partial charge in [0.25, 0.3) is 0 Å². The number of halogens is 2. The predicted molar refractivity (Wildman–Crippen MR) is 65.2 cm³/mol. The van der Waals surface area contributed by atoms with E-state index >= 15 is 0 Å². The Balaban J connectivity index is 3.26. The summed E-state index contributed by atoms with van der Waals surface area (Å²) in [6, 6.07) is 1.64. The Bertz CT molecular complexity index is 467. The van der Waals surface area contributed by atoms with E-state index in [1.165, 1.54) is 0 Å². The highest BCUT2D eigenvalue weighted by Gasteiger charge is 2.29. The Morgan fingerprint density at radius 3 is 2.39 bits per heavy atom. The maximum absolute atomic E-state index is 13.3. The van der Waals surface area contributed by atoms with E-state index in [4.69, 9.17) is 5.73 Å². The standard InChI is InChI=1S/C13H17F2NO2/c1-13(2,3)6-9(12(17)18)8-4-7(14)5-10(15)11(8)16/h4-5,9H,6,16H2,1-3H3,(H,17,18). The maximum Gasteiger partial charge on any atom is 0.311 e. The largest absolute Gasteiger partial charge is 0.481 e. The summed E-state index contributed by atoms with van der Waals surface area (Å²) in [5.74, 6) is -3.90. The van der Waals surface area contributed by atoms with E-state index in [-0.39, 0.29) is 23.1 Å². The van der Waals surface area contributed by atoms with E-state index in [0.717, 1.165) is 6.07 Å². The van der Waals surface area contributed by atoms with Gasteiger partial charge in [-0.3, -0.25) is 4.79 Å². The van der Waals surface area contributed by atoms with Crippen molar-refractivity contribution in [1.29, 1.82) is 0 Å². The predicted octanol–water partition coefficient (Wildman–Crippen LogP) is 3.15. The number of rotatable bonds is 3. The van der Waals surface area contributed by atoms with Gasteiger partial charge in [-0.15, -0.1) is 0 Å². The molecule has 1 atom stereocenters. The SMILES string of the molecule is CC(C)(C)CC(C(=O)O)c1cc(F)cc(F)c1N. The zero-order valence-corrected chi connectivity index (χ0v) is 10.6. The molecule has 3 N–H and O–H groups in total. The third-order valence-electron chi connectivity index (χ3n) is 2.62. The molecule has 0 heterocycles. The summed E-state index contributed by atoms with van der Waals surface area (Å²) in [4.78, 5) is 11.3. The molecule has 0 radical (unpaired) electrons. The average Bonchev–Trinajstić information content (AvgIpc) is 2.18. The van der Waals surface area contributed by atoms with Crippen LogP contribution in [0.1, 0.15) is 38.7 Å². The number of carboxylic acid groups (broad SMARTS) is 1. The highest BCUT2D eigenvalue weighted by molar-refractivity contribution is 5.78. The zero-order chi connectivity index (χ0) is 14.1. The first-order valence-electron chi connectivity index (χ1n) is 5.59. The van der Waals surface area contributed by atoms with Gasteiger partial charge in [0.1, 0.15) is 11.6 Å². The smallest absolute Gasteiger partial charge is 0.311 e. The highest BCUT2D eigenvalue weighted by Crippen LogP contribution is 2.35. The lowest BCUT2D eigenvalue weighted by Crippen LogP contribution is -2.21. The van der Waals surface area contributed by atoms with Crippen LogP contribution in [0.4, 0.5) is 14.5 Å². The molecule has 3 nitrogen and oxygen atoms in total. The molecular weight excluding hydrogens is 240 g/mol. The molecule has 0 aromatic heterocycles. The van der Waals surface area contributed by atoms with Crippen molar-refractivity contribution in [2.24, 2.45) is 5.41 Å². The summed E-state index contributed by atoms with van der Waals surface area (Å²) in [6.07, 6.45) is 0.245. The minimum absolute atomic E-state index is 0.00470. The van der Waals surface area contributed by atoms with Crippen molar-refractivity contribution in [3.63, 3.8) is 0 Å². The Labute approximate surface area is 105 Å². The van der Waals surface area contributed by atoms with E-state index in [2.05, 4.69) is 0 Å². The number of carbonyl (C=O) groups is 1. The Morgan fingerprint density at radius 1 is 1.39 bits per heavy atom. The van der Waals surface area contributed by atoms with Crippen molar-refractivity contribution >= 4 is 11.7 Å². The summed E-state index contributed by atoms with van der Waals surface area (Å²) in [5.41, 5.74) is 4.91. The van der Waals surface area contributed by atoms with Crippen molar-refractivity contribution in [3.8, 4) is 0 Å². The molecule has 0 spiro atoms. The van der Waals surface area contributed by atoms with Crippen molar-refractivity contribution in [3.05, 3.63) is 29.3 Å². The molecule has 0 aliphatic heterocycles. The van der Waals surface area contributed by atoms with Gasteiger partial charge in [-0.05, 0) is 23.5 Å². The minimum Gasteiger partial charge on any atom is -0.481 e. The minimum atomic E-state index is -1.14. The fourth-order valence-electron chi connectivity index (χ4n) is 1.84. The van der Waals surface area contributed by atoms with Crippen LogP contribution in [0.5, 0.6) is 0 Å². The molecule has 1 unspecified atom stereocenters. The van der Waals surface area contributed by atoms with Crippen LogP contribution in [0.15, 0.2) is 12.1 Å². The first-order valence-corrected chi connectivity index (χ1v) is 5.59. The molecule has 0 fully saturated rings. The third-order valence-corrected chi connectivity index (χ3v) is 2.62. The molecule has 0 aliphatic carbocycles. The molecule has 0 bridgehead atoms. The number of carboxylic acids is 1. The Morgan fingerprint density at radius 2 is 1.94 bits per heavy atom. The van der Waals surface area contributed by atoms with E-state index in [1.807, 2.05) is 20.8 Å². The quantitative estimate of drug-likeness (QED) is 0.817.